The molecule has 4 nitrogen and oxygen atoms in total. The Bertz CT molecular complexity index is 272. The van der Waals surface area contributed by atoms with Crippen LogP contribution < -0.4 is 0 Å². The average molecular weight is 264 g/mol. The normalized spacial score (nSPS) is 11.6. The second-order valence-corrected chi connectivity index (χ2v) is 5.86. The van der Waals surface area contributed by atoms with E-state index in [4.69, 9.17) is 0 Å². The molecule has 0 bridgehead atoms. The van der Waals surface area contributed by atoms with E-state index in [9.17, 15) is 13.2 Å². The smallest absolute Gasteiger partial charge is 0.267 e. The van der Waals surface area contributed by atoms with Gasteiger partial charge < -0.3 is 4.79 Å². The van der Waals surface area contributed by atoms with Crippen LogP contribution in [0.2, 0.25) is 0 Å². The summed E-state index contributed by atoms with van der Waals surface area (Å²) in [5.74, 6) is 0.131. The zero-order valence-electron chi connectivity index (χ0n) is 10.7. The van der Waals surface area contributed by atoms with E-state index in [2.05, 4.69) is 4.18 Å². The average Bonchev–Trinajstić information content (AvgIpc) is 2.27. The Hall–Kier alpha value is -0.420. The molecule has 0 aliphatic heterocycles. The molecule has 102 valence electrons. The summed E-state index contributed by atoms with van der Waals surface area (Å²) in [5, 5.41) is 0. The fraction of sp³-hybridized carbons (Fsp3) is 0.917. The van der Waals surface area contributed by atoms with Gasteiger partial charge in [-0.1, -0.05) is 32.1 Å². The summed E-state index contributed by atoms with van der Waals surface area (Å²) in [6, 6.07) is 0. The molecule has 0 saturated heterocycles. The maximum Gasteiger partial charge on any atom is 0.267 e. The highest BCUT2D eigenvalue weighted by atomic mass is 32.2. The highest BCUT2D eigenvalue weighted by Gasteiger charge is 2.08. The van der Waals surface area contributed by atoms with Gasteiger partial charge >= 0.3 is 0 Å². The van der Waals surface area contributed by atoms with Crippen LogP contribution in [0.3, 0.4) is 0 Å². The number of hydrogen-bond acceptors (Lipinski definition) is 4. The number of carbonyl (C=O) groups excluding carboxylic acids is 1. The molecule has 17 heavy (non-hydrogen) atoms. The molecule has 0 aliphatic carbocycles. The van der Waals surface area contributed by atoms with Crippen molar-refractivity contribution >= 4 is 16.4 Å². The Balaban J connectivity index is 3.26. The van der Waals surface area contributed by atoms with Crippen LogP contribution in [-0.4, -0.2) is 27.1 Å². The Kier molecular flexibility index (Phi) is 10.5. The molecule has 0 aliphatic rings. The standard InChI is InChI=1S/C12H24O4S/c1-2-16-17(14,15)12-10-8-6-4-3-5-7-9-11-13/h11H,2-10,12H2,1H3. The topological polar surface area (TPSA) is 60.4 Å². The predicted molar refractivity (Wildman–Crippen MR) is 68.4 cm³/mol. The number of rotatable bonds is 12. The Morgan fingerprint density at radius 2 is 1.47 bits per heavy atom. The van der Waals surface area contributed by atoms with Crippen LogP contribution in [0.1, 0.15) is 58.3 Å². The van der Waals surface area contributed by atoms with Gasteiger partial charge in [0.05, 0.1) is 12.4 Å². The third kappa shape index (κ3) is 11.8. The lowest BCUT2D eigenvalue weighted by atomic mass is 10.1. The quantitative estimate of drug-likeness (QED) is 0.309. The molecule has 0 spiro atoms. The summed E-state index contributed by atoms with van der Waals surface area (Å²) in [6.07, 6.45) is 8.60. The largest absolute Gasteiger partial charge is 0.303 e. The molecular weight excluding hydrogens is 240 g/mol. The van der Waals surface area contributed by atoms with Crippen molar-refractivity contribution in [2.24, 2.45) is 0 Å². The number of carbonyl (C=O) groups is 1. The van der Waals surface area contributed by atoms with E-state index in [-0.39, 0.29) is 12.4 Å². The third-order valence-corrected chi connectivity index (χ3v) is 3.90. The first-order chi connectivity index (χ1) is 8.12. The minimum absolute atomic E-state index is 0.131. The number of aldehydes is 1. The second-order valence-electron chi connectivity index (χ2n) is 4.10. The molecule has 0 atom stereocenters. The Morgan fingerprint density at radius 1 is 0.941 bits per heavy atom. The molecule has 0 unspecified atom stereocenters. The zero-order valence-corrected chi connectivity index (χ0v) is 11.5. The van der Waals surface area contributed by atoms with Crippen LogP contribution >= 0.6 is 0 Å². The fourth-order valence-corrected chi connectivity index (χ4v) is 2.66. The van der Waals surface area contributed by atoms with Crippen LogP contribution in [0, 0.1) is 0 Å². The van der Waals surface area contributed by atoms with E-state index in [1.165, 1.54) is 0 Å². The van der Waals surface area contributed by atoms with E-state index in [0.717, 1.165) is 44.8 Å². The highest BCUT2D eigenvalue weighted by molar-refractivity contribution is 7.86. The van der Waals surface area contributed by atoms with Gasteiger partial charge in [0.15, 0.2) is 0 Å². The molecule has 0 saturated carbocycles. The summed E-state index contributed by atoms with van der Waals surface area (Å²) < 4.78 is 27.0. The van der Waals surface area contributed by atoms with Gasteiger partial charge in [-0.2, -0.15) is 8.42 Å². The highest BCUT2D eigenvalue weighted by Crippen LogP contribution is 2.09. The van der Waals surface area contributed by atoms with Gasteiger partial charge in [0, 0.05) is 6.42 Å². The maximum absolute atomic E-state index is 11.2. The second kappa shape index (κ2) is 10.7. The van der Waals surface area contributed by atoms with Crippen molar-refractivity contribution in [3.8, 4) is 0 Å². The van der Waals surface area contributed by atoms with Crippen molar-refractivity contribution in [3.63, 3.8) is 0 Å². The van der Waals surface area contributed by atoms with Crippen LogP contribution in [0.15, 0.2) is 0 Å². The molecule has 0 aromatic heterocycles. The minimum Gasteiger partial charge on any atom is -0.303 e. The monoisotopic (exact) mass is 264 g/mol. The third-order valence-electron chi connectivity index (χ3n) is 2.51. The summed E-state index contributed by atoms with van der Waals surface area (Å²) in [5.41, 5.74) is 0. The lowest BCUT2D eigenvalue weighted by molar-refractivity contribution is -0.107. The van der Waals surface area contributed by atoms with Crippen molar-refractivity contribution in [2.45, 2.75) is 58.3 Å². The van der Waals surface area contributed by atoms with Gasteiger partial charge in [0.1, 0.15) is 6.29 Å². The van der Waals surface area contributed by atoms with E-state index in [0.29, 0.717) is 12.8 Å². The predicted octanol–water partition coefficient (Wildman–Crippen LogP) is 2.67. The van der Waals surface area contributed by atoms with Crippen LogP contribution in [-0.2, 0) is 19.1 Å². The summed E-state index contributed by atoms with van der Waals surface area (Å²) in [6.45, 7) is 1.90. The van der Waals surface area contributed by atoms with Gasteiger partial charge in [0.25, 0.3) is 10.1 Å². The van der Waals surface area contributed by atoms with Gasteiger partial charge in [-0.05, 0) is 19.8 Å². The first-order valence-electron chi connectivity index (χ1n) is 6.43. The minimum atomic E-state index is -3.28. The molecule has 0 radical (unpaired) electrons. The molecule has 0 aromatic carbocycles. The molecular formula is C12H24O4S. The van der Waals surface area contributed by atoms with Crippen LogP contribution in [0.4, 0.5) is 0 Å². The van der Waals surface area contributed by atoms with Crippen molar-refractivity contribution < 1.29 is 17.4 Å². The summed E-state index contributed by atoms with van der Waals surface area (Å²) in [7, 11) is -3.28. The molecule has 0 aromatic rings. The van der Waals surface area contributed by atoms with Crippen molar-refractivity contribution in [3.05, 3.63) is 0 Å². The summed E-state index contributed by atoms with van der Waals surface area (Å²) >= 11 is 0. The van der Waals surface area contributed by atoms with Crippen LogP contribution in [0.25, 0.3) is 0 Å². The Morgan fingerprint density at radius 3 is 2.00 bits per heavy atom. The number of unbranched alkanes of at least 4 members (excludes halogenated alkanes) is 7. The van der Waals surface area contributed by atoms with E-state index < -0.39 is 10.1 Å². The first kappa shape index (κ1) is 16.6. The van der Waals surface area contributed by atoms with E-state index in [1.807, 2.05) is 0 Å². The molecule has 0 rings (SSSR count). The molecule has 0 N–H and O–H groups in total. The lowest BCUT2D eigenvalue weighted by Crippen LogP contribution is -2.10. The molecule has 0 amide bonds. The maximum atomic E-state index is 11.2. The zero-order chi connectivity index (χ0) is 13.0. The summed E-state index contributed by atoms with van der Waals surface area (Å²) in [4.78, 5) is 10.1. The fourth-order valence-electron chi connectivity index (χ4n) is 1.63. The number of hydrogen-bond donors (Lipinski definition) is 0. The SMILES string of the molecule is CCOS(=O)(=O)CCCCCCCCCC=O. The van der Waals surface area contributed by atoms with Gasteiger partial charge in [-0.25, -0.2) is 0 Å². The van der Waals surface area contributed by atoms with E-state index >= 15 is 0 Å². The molecule has 0 heterocycles. The van der Waals surface area contributed by atoms with Crippen molar-refractivity contribution in [1.82, 2.24) is 0 Å². The first-order valence-corrected chi connectivity index (χ1v) is 8.01. The van der Waals surface area contributed by atoms with Crippen molar-refractivity contribution in [2.75, 3.05) is 12.4 Å². The van der Waals surface area contributed by atoms with E-state index in [1.54, 1.807) is 6.92 Å². The Labute approximate surface area is 105 Å². The molecule has 0 fully saturated rings. The van der Waals surface area contributed by atoms with Crippen LogP contribution in [0.5, 0.6) is 0 Å². The lowest BCUT2D eigenvalue weighted by Gasteiger charge is -2.03. The van der Waals surface area contributed by atoms with Gasteiger partial charge in [0.2, 0.25) is 0 Å². The molecule has 5 heteroatoms. The van der Waals surface area contributed by atoms with Crippen molar-refractivity contribution in [1.29, 1.82) is 0 Å². The van der Waals surface area contributed by atoms with Gasteiger partial charge in [-0.3, -0.25) is 4.18 Å². The van der Waals surface area contributed by atoms with Gasteiger partial charge in [-0.15, -0.1) is 0 Å².